The molecule has 0 spiro atoms. The van der Waals surface area contributed by atoms with Crippen LogP contribution >= 0.6 is 0 Å². The van der Waals surface area contributed by atoms with Gasteiger partial charge in [-0.1, -0.05) is 11.6 Å². The van der Waals surface area contributed by atoms with Crippen LogP contribution in [0.4, 0.5) is 0 Å². The highest BCUT2D eigenvalue weighted by atomic mass is 16.5. The molecule has 2 saturated heterocycles. The molecule has 2 fully saturated rings. The first kappa shape index (κ1) is 11.1. The lowest BCUT2D eigenvalue weighted by Crippen LogP contribution is -2.42. The van der Waals surface area contributed by atoms with Crippen molar-refractivity contribution in [1.29, 1.82) is 0 Å². The van der Waals surface area contributed by atoms with Crippen molar-refractivity contribution in [2.24, 2.45) is 0 Å². The van der Waals surface area contributed by atoms with Crippen molar-refractivity contribution in [3.8, 4) is 0 Å². The van der Waals surface area contributed by atoms with Crippen molar-refractivity contribution in [1.82, 2.24) is 4.90 Å². The van der Waals surface area contributed by atoms with E-state index in [0.717, 1.165) is 19.6 Å². The lowest BCUT2D eigenvalue weighted by atomic mass is 9.93. The Labute approximate surface area is 91.7 Å². The van der Waals surface area contributed by atoms with Crippen molar-refractivity contribution in [3.05, 3.63) is 11.6 Å². The SMILES string of the molecule is COC[C@@]12CCCN1C/C(=C\[C@H](C)O)C2. The third kappa shape index (κ3) is 2.10. The molecule has 0 saturated carbocycles. The van der Waals surface area contributed by atoms with Gasteiger partial charge in [0.2, 0.25) is 0 Å². The van der Waals surface area contributed by atoms with Crippen LogP contribution in [-0.4, -0.2) is 48.5 Å². The minimum atomic E-state index is -0.320. The van der Waals surface area contributed by atoms with Gasteiger partial charge in [0.25, 0.3) is 0 Å². The summed E-state index contributed by atoms with van der Waals surface area (Å²) < 4.78 is 5.35. The van der Waals surface area contributed by atoms with Gasteiger partial charge >= 0.3 is 0 Å². The molecule has 2 rings (SSSR count). The van der Waals surface area contributed by atoms with Crippen molar-refractivity contribution in [3.63, 3.8) is 0 Å². The summed E-state index contributed by atoms with van der Waals surface area (Å²) in [6.07, 6.45) is 5.27. The molecule has 0 aromatic rings. The second kappa shape index (κ2) is 4.24. The summed E-state index contributed by atoms with van der Waals surface area (Å²) in [5, 5.41) is 9.36. The predicted molar refractivity (Wildman–Crippen MR) is 59.8 cm³/mol. The van der Waals surface area contributed by atoms with E-state index in [2.05, 4.69) is 4.90 Å². The van der Waals surface area contributed by atoms with Crippen LogP contribution in [0.15, 0.2) is 11.6 Å². The number of aliphatic hydroxyl groups is 1. The largest absolute Gasteiger partial charge is 0.389 e. The molecule has 3 nitrogen and oxygen atoms in total. The Kier molecular flexibility index (Phi) is 3.14. The number of ether oxygens (including phenoxy) is 1. The van der Waals surface area contributed by atoms with Gasteiger partial charge in [0.15, 0.2) is 0 Å². The number of fused-ring (bicyclic) bond motifs is 1. The Morgan fingerprint density at radius 2 is 2.47 bits per heavy atom. The third-order valence-electron chi connectivity index (χ3n) is 3.58. The smallest absolute Gasteiger partial charge is 0.0695 e. The van der Waals surface area contributed by atoms with Gasteiger partial charge in [-0.15, -0.1) is 0 Å². The van der Waals surface area contributed by atoms with Gasteiger partial charge in [-0.25, -0.2) is 0 Å². The molecule has 0 aromatic carbocycles. The molecule has 2 aliphatic rings. The Bertz CT molecular complexity index is 262. The fourth-order valence-corrected chi connectivity index (χ4v) is 3.10. The molecule has 2 aliphatic heterocycles. The highest BCUT2D eigenvalue weighted by molar-refractivity contribution is 5.21. The zero-order valence-electron chi connectivity index (χ0n) is 9.70. The predicted octanol–water partition coefficient (Wildman–Crippen LogP) is 1.18. The molecule has 0 bridgehead atoms. The maximum absolute atomic E-state index is 9.36. The summed E-state index contributed by atoms with van der Waals surface area (Å²) in [5.74, 6) is 0. The van der Waals surface area contributed by atoms with Crippen LogP contribution in [0.3, 0.4) is 0 Å². The molecular formula is C12H21NO2. The Morgan fingerprint density at radius 1 is 1.67 bits per heavy atom. The number of nitrogens with zero attached hydrogens (tertiary/aromatic N) is 1. The molecule has 0 radical (unpaired) electrons. The first-order valence-corrected chi connectivity index (χ1v) is 5.78. The Hall–Kier alpha value is -0.380. The summed E-state index contributed by atoms with van der Waals surface area (Å²) >= 11 is 0. The molecule has 1 N–H and O–H groups in total. The van der Waals surface area contributed by atoms with Crippen LogP contribution in [0.5, 0.6) is 0 Å². The van der Waals surface area contributed by atoms with Gasteiger partial charge in [0, 0.05) is 19.2 Å². The van der Waals surface area contributed by atoms with Gasteiger partial charge in [0.1, 0.15) is 0 Å². The van der Waals surface area contributed by atoms with E-state index >= 15 is 0 Å². The van der Waals surface area contributed by atoms with Gasteiger partial charge in [0.05, 0.1) is 12.7 Å². The van der Waals surface area contributed by atoms with E-state index in [0.29, 0.717) is 0 Å². The second-order valence-electron chi connectivity index (χ2n) is 4.92. The second-order valence-corrected chi connectivity index (χ2v) is 4.92. The van der Waals surface area contributed by atoms with Gasteiger partial charge in [-0.3, -0.25) is 4.90 Å². The standard InChI is InChI=1S/C12H21NO2/c1-10(14)6-11-7-12(9-15-2)4-3-5-13(12)8-11/h6,10,14H,3-5,7-9H2,1-2H3/b11-6-/t10-,12-/m0/s1. The number of hydrogen-bond donors (Lipinski definition) is 1. The topological polar surface area (TPSA) is 32.7 Å². The van der Waals surface area contributed by atoms with Gasteiger partial charge < -0.3 is 9.84 Å². The monoisotopic (exact) mass is 211 g/mol. The molecule has 3 heteroatoms. The van der Waals surface area contributed by atoms with E-state index in [4.69, 9.17) is 4.74 Å². The summed E-state index contributed by atoms with van der Waals surface area (Å²) in [4.78, 5) is 2.52. The lowest BCUT2D eigenvalue weighted by Gasteiger charge is -2.30. The van der Waals surface area contributed by atoms with E-state index in [-0.39, 0.29) is 11.6 Å². The summed E-state index contributed by atoms with van der Waals surface area (Å²) in [6.45, 7) is 4.85. The highest BCUT2D eigenvalue weighted by Gasteiger charge is 2.46. The maximum atomic E-state index is 9.36. The fraction of sp³-hybridized carbons (Fsp3) is 0.833. The average molecular weight is 211 g/mol. The van der Waals surface area contributed by atoms with Crippen LogP contribution in [0.25, 0.3) is 0 Å². The molecule has 0 amide bonds. The lowest BCUT2D eigenvalue weighted by molar-refractivity contribution is 0.0656. The van der Waals surface area contributed by atoms with Gasteiger partial charge in [-0.2, -0.15) is 0 Å². The Morgan fingerprint density at radius 3 is 3.13 bits per heavy atom. The van der Waals surface area contributed by atoms with Crippen molar-refractivity contribution in [2.45, 2.75) is 37.8 Å². The fourth-order valence-electron chi connectivity index (χ4n) is 3.10. The first-order chi connectivity index (χ1) is 7.16. The zero-order chi connectivity index (χ0) is 10.9. The Balaban J connectivity index is 2.10. The van der Waals surface area contributed by atoms with Crippen molar-refractivity contribution in [2.75, 3.05) is 26.8 Å². The maximum Gasteiger partial charge on any atom is 0.0695 e. The molecule has 0 aromatic heterocycles. The van der Waals surface area contributed by atoms with E-state index in [1.54, 1.807) is 7.11 Å². The van der Waals surface area contributed by atoms with Crippen LogP contribution in [0.2, 0.25) is 0 Å². The number of aliphatic hydroxyl groups excluding tert-OH is 1. The summed E-state index contributed by atoms with van der Waals surface area (Å²) in [5.41, 5.74) is 1.62. The van der Waals surface area contributed by atoms with Gasteiger partial charge in [-0.05, 0) is 32.7 Å². The highest BCUT2D eigenvalue weighted by Crippen LogP contribution is 2.41. The quantitative estimate of drug-likeness (QED) is 0.711. The summed E-state index contributed by atoms with van der Waals surface area (Å²) in [6, 6.07) is 0. The van der Waals surface area contributed by atoms with Crippen molar-refractivity contribution >= 4 is 0 Å². The average Bonchev–Trinajstić information content (AvgIpc) is 2.59. The minimum absolute atomic E-state index is 0.246. The molecule has 2 atom stereocenters. The minimum Gasteiger partial charge on any atom is -0.389 e. The van der Waals surface area contributed by atoms with Crippen molar-refractivity contribution < 1.29 is 9.84 Å². The van der Waals surface area contributed by atoms with E-state index in [9.17, 15) is 5.11 Å². The van der Waals surface area contributed by atoms with E-state index < -0.39 is 0 Å². The molecule has 86 valence electrons. The number of rotatable bonds is 3. The molecular weight excluding hydrogens is 190 g/mol. The van der Waals surface area contributed by atoms with Crippen LogP contribution in [-0.2, 0) is 4.74 Å². The summed E-state index contributed by atoms with van der Waals surface area (Å²) in [7, 11) is 1.78. The molecule has 0 aliphatic carbocycles. The van der Waals surface area contributed by atoms with E-state index in [1.807, 2.05) is 13.0 Å². The van der Waals surface area contributed by atoms with E-state index in [1.165, 1.54) is 25.0 Å². The molecule has 2 heterocycles. The third-order valence-corrected chi connectivity index (χ3v) is 3.58. The normalized spacial score (nSPS) is 36.1. The molecule has 0 unspecified atom stereocenters. The first-order valence-electron chi connectivity index (χ1n) is 5.78. The number of hydrogen-bond acceptors (Lipinski definition) is 3. The number of methoxy groups -OCH3 is 1. The zero-order valence-corrected chi connectivity index (χ0v) is 9.70. The van der Waals surface area contributed by atoms with Crippen LogP contribution in [0, 0.1) is 0 Å². The van der Waals surface area contributed by atoms with Crippen LogP contribution in [0.1, 0.15) is 26.2 Å². The molecule has 15 heavy (non-hydrogen) atoms. The van der Waals surface area contributed by atoms with Crippen LogP contribution < -0.4 is 0 Å².